The van der Waals surface area contributed by atoms with Crippen molar-refractivity contribution in [1.29, 1.82) is 0 Å². The van der Waals surface area contributed by atoms with Gasteiger partial charge in [-0.2, -0.15) is 0 Å². The van der Waals surface area contributed by atoms with E-state index in [-0.39, 0.29) is 11.5 Å². The topological polar surface area (TPSA) is 38.7 Å². The van der Waals surface area contributed by atoms with Crippen molar-refractivity contribution < 1.29 is 14.3 Å². The van der Waals surface area contributed by atoms with Crippen molar-refractivity contribution in [2.75, 3.05) is 0 Å². The monoisotopic (exact) mass is 448 g/mol. The second-order valence-corrected chi connectivity index (χ2v) is 18.7. The minimum Gasteiger partial charge on any atom is -0.414 e. The highest BCUT2D eigenvalue weighted by Gasteiger charge is 2.67. The van der Waals surface area contributed by atoms with Crippen molar-refractivity contribution in [3.05, 3.63) is 0 Å². The van der Waals surface area contributed by atoms with Crippen molar-refractivity contribution in [2.24, 2.45) is 40.4 Å². The average molecular weight is 449 g/mol. The van der Waals surface area contributed by atoms with Gasteiger partial charge in [0.1, 0.15) is 0 Å². The Morgan fingerprint density at radius 3 is 2.35 bits per heavy atom. The van der Waals surface area contributed by atoms with Crippen LogP contribution in [0.15, 0.2) is 0 Å². The van der Waals surface area contributed by atoms with Gasteiger partial charge >= 0.3 is 0 Å². The van der Waals surface area contributed by atoms with Crippen LogP contribution in [0.5, 0.6) is 0 Å². The molecule has 1 saturated heterocycles. The standard InChI is InChI=1S/C27H48O3Si/c1-17-21-10-11-23-20-9-8-18-16-19(30-31(6,7)25(2,3)4)12-14-26(18,5)22(20)13-15-27(21,23)24(28)29-17/h17-24,28H,8-16H2,1-7H3/t17-,18+,19-,20-,21-,22+,23+,24?,26+,27+/m1/s1. The van der Waals surface area contributed by atoms with E-state index in [0.29, 0.717) is 28.4 Å². The van der Waals surface area contributed by atoms with Gasteiger partial charge in [-0.1, -0.05) is 27.7 Å². The lowest BCUT2D eigenvalue weighted by molar-refractivity contribution is -0.192. The second-order valence-electron chi connectivity index (χ2n) is 14.0. The zero-order valence-electron chi connectivity index (χ0n) is 21.2. The van der Waals surface area contributed by atoms with E-state index in [4.69, 9.17) is 9.16 Å². The van der Waals surface area contributed by atoms with Crippen LogP contribution in [-0.4, -0.2) is 31.9 Å². The van der Waals surface area contributed by atoms with E-state index in [9.17, 15) is 5.11 Å². The first-order chi connectivity index (χ1) is 14.4. The summed E-state index contributed by atoms with van der Waals surface area (Å²) in [6.45, 7) is 16.8. The van der Waals surface area contributed by atoms with Gasteiger partial charge in [0, 0.05) is 11.5 Å². The Labute approximate surface area is 192 Å². The summed E-state index contributed by atoms with van der Waals surface area (Å²) in [5.41, 5.74) is 0.554. The van der Waals surface area contributed by atoms with Crippen LogP contribution in [0.4, 0.5) is 0 Å². The van der Waals surface area contributed by atoms with Gasteiger partial charge in [-0.25, -0.2) is 0 Å². The van der Waals surface area contributed by atoms with Gasteiger partial charge in [-0.3, -0.25) is 0 Å². The van der Waals surface area contributed by atoms with E-state index < -0.39 is 14.6 Å². The molecule has 1 spiro atoms. The summed E-state index contributed by atoms with van der Waals surface area (Å²) in [4.78, 5) is 0. The summed E-state index contributed by atoms with van der Waals surface area (Å²) < 4.78 is 12.9. The molecule has 0 radical (unpaired) electrons. The molecule has 1 aliphatic heterocycles. The summed E-state index contributed by atoms with van der Waals surface area (Å²) in [7, 11) is -1.70. The van der Waals surface area contributed by atoms with Gasteiger partial charge in [-0.05, 0) is 118 Å². The first-order valence-electron chi connectivity index (χ1n) is 13.4. The summed E-state index contributed by atoms with van der Waals surface area (Å²) in [5.74, 6) is 3.76. The molecule has 0 bridgehead atoms. The largest absolute Gasteiger partial charge is 0.414 e. The molecule has 4 saturated carbocycles. The van der Waals surface area contributed by atoms with Crippen molar-refractivity contribution in [3.8, 4) is 0 Å². The maximum Gasteiger partial charge on any atom is 0.192 e. The molecule has 0 amide bonds. The van der Waals surface area contributed by atoms with Gasteiger partial charge in [0.2, 0.25) is 0 Å². The Morgan fingerprint density at radius 2 is 1.65 bits per heavy atom. The lowest BCUT2D eigenvalue weighted by Gasteiger charge is -2.61. The third-order valence-electron chi connectivity index (χ3n) is 11.9. The third-order valence-corrected chi connectivity index (χ3v) is 16.4. The summed E-state index contributed by atoms with van der Waals surface area (Å²) >= 11 is 0. The normalized spacial score (nSPS) is 52.3. The molecule has 178 valence electrons. The summed E-state index contributed by atoms with van der Waals surface area (Å²) in [6, 6.07) is 0. The Balaban J connectivity index is 1.33. The predicted molar refractivity (Wildman–Crippen MR) is 128 cm³/mol. The molecule has 31 heavy (non-hydrogen) atoms. The van der Waals surface area contributed by atoms with Gasteiger partial charge in [0.25, 0.3) is 0 Å². The molecule has 0 aromatic heterocycles. The van der Waals surface area contributed by atoms with Crippen LogP contribution in [0.3, 0.4) is 0 Å². The maximum absolute atomic E-state index is 11.0. The Hall–Kier alpha value is 0.0969. The SMILES string of the molecule is C[C@H]1OC(O)[C@]23CC[C@H]4[C@@H](CC[C@H]5C[C@H](O[Si](C)(C)C(C)(C)C)CC[C@@]54C)[C@@H]2CC[C@H]13. The first kappa shape index (κ1) is 22.9. The van der Waals surface area contributed by atoms with Crippen LogP contribution in [0.25, 0.3) is 0 Å². The fourth-order valence-electron chi connectivity index (χ4n) is 9.27. The minimum absolute atomic E-state index is 0.0758. The summed E-state index contributed by atoms with van der Waals surface area (Å²) in [6.07, 6.45) is 11.9. The predicted octanol–water partition coefficient (Wildman–Crippen LogP) is 6.75. The Morgan fingerprint density at radius 1 is 0.935 bits per heavy atom. The van der Waals surface area contributed by atoms with Crippen LogP contribution < -0.4 is 0 Å². The van der Waals surface area contributed by atoms with Crippen LogP contribution in [0, 0.1) is 40.4 Å². The maximum atomic E-state index is 11.0. The van der Waals surface area contributed by atoms with Crippen LogP contribution in [0.1, 0.15) is 92.4 Å². The number of fused-ring (bicyclic) bond motifs is 4. The van der Waals surface area contributed by atoms with E-state index in [0.717, 1.165) is 17.8 Å². The third kappa shape index (κ3) is 3.21. The molecule has 3 nitrogen and oxygen atoms in total. The molecule has 5 fully saturated rings. The molecule has 4 heteroatoms. The molecular formula is C27H48O3Si. The van der Waals surface area contributed by atoms with Crippen LogP contribution >= 0.6 is 0 Å². The number of hydrogen-bond donors (Lipinski definition) is 1. The zero-order chi connectivity index (χ0) is 22.4. The quantitative estimate of drug-likeness (QED) is 0.475. The lowest BCUT2D eigenvalue weighted by atomic mass is 9.44. The van der Waals surface area contributed by atoms with E-state index in [1.54, 1.807) is 0 Å². The second kappa shape index (κ2) is 7.30. The number of aliphatic hydroxyl groups is 1. The fourth-order valence-corrected chi connectivity index (χ4v) is 10.7. The van der Waals surface area contributed by atoms with Crippen LogP contribution in [0.2, 0.25) is 18.1 Å². The molecule has 10 atom stereocenters. The zero-order valence-corrected chi connectivity index (χ0v) is 22.2. The highest BCUT2D eigenvalue weighted by molar-refractivity contribution is 6.74. The molecule has 1 unspecified atom stereocenters. The number of hydrogen-bond acceptors (Lipinski definition) is 3. The first-order valence-corrected chi connectivity index (χ1v) is 16.3. The molecule has 0 aromatic carbocycles. The molecule has 1 heterocycles. The van der Waals surface area contributed by atoms with Crippen molar-refractivity contribution in [3.63, 3.8) is 0 Å². The average Bonchev–Trinajstić information content (AvgIpc) is 3.17. The lowest BCUT2D eigenvalue weighted by Crippen LogP contribution is -2.56. The van der Waals surface area contributed by atoms with Crippen molar-refractivity contribution in [2.45, 2.75) is 129 Å². The van der Waals surface area contributed by atoms with Crippen LogP contribution in [-0.2, 0) is 9.16 Å². The molecule has 0 aromatic rings. The Bertz CT molecular complexity index is 701. The fraction of sp³-hybridized carbons (Fsp3) is 1.00. The van der Waals surface area contributed by atoms with Gasteiger partial charge in [0.15, 0.2) is 14.6 Å². The smallest absolute Gasteiger partial charge is 0.192 e. The highest BCUT2D eigenvalue weighted by Crippen LogP contribution is 2.70. The molecule has 4 aliphatic carbocycles. The van der Waals surface area contributed by atoms with Crippen molar-refractivity contribution in [1.82, 2.24) is 0 Å². The van der Waals surface area contributed by atoms with E-state index in [1.165, 1.54) is 57.8 Å². The number of rotatable bonds is 2. The molecular weight excluding hydrogens is 400 g/mol. The molecule has 5 rings (SSSR count). The van der Waals surface area contributed by atoms with Gasteiger partial charge < -0.3 is 14.3 Å². The molecule has 5 aliphatic rings. The van der Waals surface area contributed by atoms with Gasteiger partial charge in [-0.15, -0.1) is 0 Å². The van der Waals surface area contributed by atoms with E-state index in [1.807, 2.05) is 0 Å². The molecule has 1 N–H and O–H groups in total. The number of ether oxygens (including phenoxy) is 1. The van der Waals surface area contributed by atoms with E-state index in [2.05, 4.69) is 47.7 Å². The van der Waals surface area contributed by atoms with Gasteiger partial charge in [0.05, 0.1) is 6.10 Å². The minimum atomic E-state index is -1.70. The Kier molecular flexibility index (Phi) is 5.38. The van der Waals surface area contributed by atoms with E-state index >= 15 is 0 Å². The summed E-state index contributed by atoms with van der Waals surface area (Å²) in [5, 5.41) is 11.3. The highest BCUT2D eigenvalue weighted by atomic mass is 28.4. The van der Waals surface area contributed by atoms with Crippen molar-refractivity contribution >= 4 is 8.32 Å². The number of aliphatic hydroxyl groups excluding tert-OH is 1.